The molecule has 0 saturated carbocycles. The average Bonchev–Trinajstić information content (AvgIpc) is 2.64. The smallest absolute Gasteiger partial charge is 0.323 e. The van der Waals surface area contributed by atoms with Crippen LogP contribution in [0.4, 0.5) is 4.79 Å². The summed E-state index contributed by atoms with van der Waals surface area (Å²) in [6.45, 7) is 2.81. The van der Waals surface area contributed by atoms with E-state index in [-0.39, 0.29) is 24.9 Å². The maximum absolute atomic E-state index is 12.2. The fraction of sp³-hybridized carbons (Fsp3) is 0.857. The van der Waals surface area contributed by atoms with Gasteiger partial charge in [0, 0.05) is 19.5 Å². The molecule has 1 fully saturated rings. The number of imide groups is 1. The van der Waals surface area contributed by atoms with Crippen molar-refractivity contribution >= 4 is 28.8 Å². The summed E-state index contributed by atoms with van der Waals surface area (Å²) in [5.41, 5.74) is 0. The summed E-state index contributed by atoms with van der Waals surface area (Å²) in [6, 6.07) is 0. The van der Waals surface area contributed by atoms with Gasteiger partial charge in [-0.25, -0.2) is 0 Å². The van der Waals surface area contributed by atoms with Gasteiger partial charge in [0.2, 0.25) is 11.8 Å². The van der Waals surface area contributed by atoms with Crippen molar-refractivity contribution in [1.82, 2.24) is 9.80 Å². The normalized spacial score (nSPS) is 14.7. The average molecular weight is 401 g/mol. The van der Waals surface area contributed by atoms with Crippen LogP contribution in [0.3, 0.4) is 0 Å². The Bertz CT molecular complexity index is 457. The van der Waals surface area contributed by atoms with Crippen molar-refractivity contribution in [2.75, 3.05) is 19.6 Å². The Hall–Kier alpha value is -1.10. The summed E-state index contributed by atoms with van der Waals surface area (Å²) in [4.78, 5) is 37.5. The lowest BCUT2D eigenvalue weighted by Gasteiger charge is -2.31. The quantitative estimate of drug-likeness (QED) is 0.220. The Morgan fingerprint density at radius 3 is 1.74 bits per heavy atom. The van der Waals surface area contributed by atoms with E-state index in [4.69, 9.17) is 11.6 Å². The Kier molecular flexibility index (Phi) is 13.2. The molecular weight excluding hydrogens is 364 g/mol. The van der Waals surface area contributed by atoms with E-state index < -0.39 is 5.37 Å². The molecule has 0 N–H and O–H groups in total. The summed E-state index contributed by atoms with van der Waals surface area (Å²) >= 11 is 5.34. The Morgan fingerprint density at radius 2 is 1.30 bits per heavy atom. The zero-order valence-electron chi connectivity index (χ0n) is 17.0. The second-order valence-electron chi connectivity index (χ2n) is 7.61. The third kappa shape index (κ3) is 10.7. The van der Waals surface area contributed by atoms with Crippen LogP contribution in [0, 0.1) is 0 Å². The molecule has 1 saturated heterocycles. The number of amides is 3. The third-order valence-electron chi connectivity index (χ3n) is 5.28. The molecule has 0 aromatic carbocycles. The van der Waals surface area contributed by atoms with Crippen LogP contribution in [-0.4, -0.2) is 46.6 Å². The van der Waals surface area contributed by atoms with Crippen LogP contribution in [0.5, 0.6) is 0 Å². The first-order chi connectivity index (χ1) is 13.1. The molecule has 0 radical (unpaired) electrons. The van der Waals surface area contributed by atoms with Gasteiger partial charge in [0.25, 0.3) is 0 Å². The molecule has 0 aromatic rings. The van der Waals surface area contributed by atoms with E-state index in [9.17, 15) is 14.4 Å². The fourth-order valence-corrected chi connectivity index (χ4v) is 3.70. The number of hydrogen-bond acceptors (Lipinski definition) is 3. The SMILES string of the molecule is CCCCCCCCCCCCCCCC(=O)N1CCN(C(=O)Cl)C(=O)C1. The highest BCUT2D eigenvalue weighted by Crippen LogP contribution is 2.14. The van der Waals surface area contributed by atoms with Crippen molar-refractivity contribution in [2.45, 2.75) is 96.8 Å². The van der Waals surface area contributed by atoms with Crippen LogP contribution in [0.1, 0.15) is 96.8 Å². The van der Waals surface area contributed by atoms with Crippen molar-refractivity contribution < 1.29 is 14.4 Å². The van der Waals surface area contributed by atoms with Gasteiger partial charge in [0.15, 0.2) is 0 Å². The lowest BCUT2D eigenvalue weighted by Crippen LogP contribution is -2.52. The van der Waals surface area contributed by atoms with Gasteiger partial charge < -0.3 is 4.90 Å². The standard InChI is InChI=1S/C21H37ClN2O3/c1-2-3-4-5-6-7-8-9-10-11-12-13-14-15-19(25)23-16-17-24(21(22)27)20(26)18-23/h2-18H2,1H3. The minimum absolute atomic E-state index is 0.00749. The van der Waals surface area contributed by atoms with Gasteiger partial charge in [-0.1, -0.05) is 84.0 Å². The van der Waals surface area contributed by atoms with Crippen LogP contribution in [0.15, 0.2) is 0 Å². The molecule has 0 aliphatic carbocycles. The van der Waals surface area contributed by atoms with Crippen LogP contribution >= 0.6 is 11.6 Å². The Labute approximate surface area is 169 Å². The molecule has 1 aliphatic heterocycles. The van der Waals surface area contributed by atoms with Gasteiger partial charge in [-0.2, -0.15) is 0 Å². The molecule has 0 aromatic heterocycles. The molecule has 6 heteroatoms. The lowest BCUT2D eigenvalue weighted by molar-refractivity contribution is -0.142. The first-order valence-electron chi connectivity index (χ1n) is 10.8. The van der Waals surface area contributed by atoms with Crippen LogP contribution in [-0.2, 0) is 9.59 Å². The summed E-state index contributed by atoms with van der Waals surface area (Å²) in [7, 11) is 0. The highest BCUT2D eigenvalue weighted by molar-refractivity contribution is 6.64. The lowest BCUT2D eigenvalue weighted by atomic mass is 10.0. The summed E-state index contributed by atoms with van der Waals surface area (Å²) in [6.07, 6.45) is 17.1. The Morgan fingerprint density at radius 1 is 0.815 bits per heavy atom. The van der Waals surface area contributed by atoms with E-state index in [2.05, 4.69) is 6.92 Å². The van der Waals surface area contributed by atoms with E-state index in [1.807, 2.05) is 0 Å². The predicted octanol–water partition coefficient (Wildman–Crippen LogP) is 5.50. The van der Waals surface area contributed by atoms with Crippen LogP contribution < -0.4 is 0 Å². The van der Waals surface area contributed by atoms with E-state index in [1.54, 1.807) is 4.90 Å². The molecule has 0 atom stereocenters. The van der Waals surface area contributed by atoms with Gasteiger partial charge in [0.1, 0.15) is 6.54 Å². The van der Waals surface area contributed by atoms with Gasteiger partial charge in [-0.3, -0.25) is 19.3 Å². The van der Waals surface area contributed by atoms with Crippen molar-refractivity contribution in [1.29, 1.82) is 0 Å². The molecule has 3 amide bonds. The number of nitrogens with zero attached hydrogens (tertiary/aromatic N) is 2. The second-order valence-corrected chi connectivity index (χ2v) is 7.93. The molecular formula is C21H37ClN2O3. The predicted molar refractivity (Wildman–Crippen MR) is 110 cm³/mol. The van der Waals surface area contributed by atoms with Gasteiger partial charge in [-0.15, -0.1) is 0 Å². The highest BCUT2D eigenvalue weighted by Gasteiger charge is 2.29. The summed E-state index contributed by atoms with van der Waals surface area (Å²) in [5, 5.41) is -0.761. The zero-order chi connectivity index (χ0) is 19.9. The van der Waals surface area contributed by atoms with Gasteiger partial charge in [-0.05, 0) is 18.0 Å². The number of carbonyl (C=O) groups is 3. The van der Waals surface area contributed by atoms with E-state index in [0.717, 1.165) is 17.7 Å². The Balaban J connectivity index is 1.93. The van der Waals surface area contributed by atoms with Crippen molar-refractivity contribution in [3.8, 4) is 0 Å². The second kappa shape index (κ2) is 14.9. The minimum atomic E-state index is -0.761. The molecule has 0 spiro atoms. The monoisotopic (exact) mass is 400 g/mol. The number of carbonyl (C=O) groups excluding carboxylic acids is 3. The maximum Gasteiger partial charge on any atom is 0.323 e. The zero-order valence-corrected chi connectivity index (χ0v) is 17.8. The number of halogens is 1. The number of piperazine rings is 1. The molecule has 156 valence electrons. The van der Waals surface area contributed by atoms with Crippen LogP contribution in [0.2, 0.25) is 0 Å². The van der Waals surface area contributed by atoms with Gasteiger partial charge in [0.05, 0.1) is 0 Å². The number of unbranched alkanes of at least 4 members (excludes halogenated alkanes) is 12. The minimum Gasteiger partial charge on any atom is -0.332 e. The molecule has 27 heavy (non-hydrogen) atoms. The molecule has 0 unspecified atom stereocenters. The van der Waals surface area contributed by atoms with E-state index in [0.29, 0.717) is 13.0 Å². The molecule has 1 aliphatic rings. The highest BCUT2D eigenvalue weighted by atomic mass is 35.5. The number of rotatable bonds is 14. The molecule has 5 nitrogen and oxygen atoms in total. The molecule has 1 heterocycles. The molecule has 0 bridgehead atoms. The van der Waals surface area contributed by atoms with Crippen molar-refractivity contribution in [3.05, 3.63) is 0 Å². The van der Waals surface area contributed by atoms with E-state index in [1.165, 1.54) is 70.6 Å². The van der Waals surface area contributed by atoms with E-state index >= 15 is 0 Å². The third-order valence-corrected chi connectivity index (χ3v) is 5.48. The largest absolute Gasteiger partial charge is 0.332 e. The summed E-state index contributed by atoms with van der Waals surface area (Å²) in [5.74, 6) is -0.381. The first-order valence-corrected chi connectivity index (χ1v) is 11.2. The topological polar surface area (TPSA) is 57.7 Å². The first kappa shape index (κ1) is 23.9. The van der Waals surface area contributed by atoms with Crippen molar-refractivity contribution in [3.63, 3.8) is 0 Å². The van der Waals surface area contributed by atoms with Gasteiger partial charge >= 0.3 is 5.37 Å². The molecule has 1 rings (SSSR count). The number of hydrogen-bond donors (Lipinski definition) is 0. The van der Waals surface area contributed by atoms with Crippen molar-refractivity contribution in [2.24, 2.45) is 0 Å². The van der Waals surface area contributed by atoms with Crippen LogP contribution in [0.25, 0.3) is 0 Å². The summed E-state index contributed by atoms with van der Waals surface area (Å²) < 4.78 is 0. The fourth-order valence-electron chi connectivity index (χ4n) is 3.52. The maximum atomic E-state index is 12.2.